The predicted molar refractivity (Wildman–Crippen MR) is 102 cm³/mol. The van der Waals surface area contributed by atoms with Gasteiger partial charge < -0.3 is 19.6 Å². The standard InChI is InChI=1S/C20H30N2O4/c1-14(2)26-18-10-9-16(11-19(18)24-4)12-21-25-13-20(23)22-17-8-6-5-7-15(17)3/h9-12,14-15,17H,5-8,13H2,1-4H3,(H,22,23)/b21-12-/t15-,17-/m1/s1. The van der Waals surface area contributed by atoms with Crippen molar-refractivity contribution in [3.63, 3.8) is 0 Å². The van der Waals surface area contributed by atoms with Crippen molar-refractivity contribution in [3.05, 3.63) is 23.8 Å². The van der Waals surface area contributed by atoms with Gasteiger partial charge in [0.1, 0.15) is 0 Å². The lowest BCUT2D eigenvalue weighted by atomic mass is 9.86. The first-order valence-corrected chi connectivity index (χ1v) is 9.29. The number of methoxy groups -OCH3 is 1. The highest BCUT2D eigenvalue weighted by molar-refractivity contribution is 5.81. The van der Waals surface area contributed by atoms with E-state index in [9.17, 15) is 4.79 Å². The highest BCUT2D eigenvalue weighted by Crippen LogP contribution is 2.28. The Balaban J connectivity index is 1.81. The van der Waals surface area contributed by atoms with Gasteiger partial charge in [0.2, 0.25) is 0 Å². The Bertz CT molecular complexity index is 616. The Hall–Kier alpha value is -2.24. The molecule has 1 aliphatic rings. The van der Waals surface area contributed by atoms with Gasteiger partial charge in [-0.15, -0.1) is 0 Å². The van der Waals surface area contributed by atoms with Crippen molar-refractivity contribution in [2.45, 2.75) is 58.6 Å². The zero-order chi connectivity index (χ0) is 18.9. The van der Waals surface area contributed by atoms with Crippen molar-refractivity contribution in [1.82, 2.24) is 5.32 Å². The van der Waals surface area contributed by atoms with Crippen LogP contribution >= 0.6 is 0 Å². The van der Waals surface area contributed by atoms with E-state index in [-0.39, 0.29) is 24.7 Å². The average molecular weight is 362 g/mol. The summed E-state index contributed by atoms with van der Waals surface area (Å²) in [5.41, 5.74) is 0.805. The number of oxime groups is 1. The molecule has 1 aromatic carbocycles. The van der Waals surface area contributed by atoms with E-state index in [1.165, 1.54) is 19.3 Å². The van der Waals surface area contributed by atoms with Crippen molar-refractivity contribution < 1.29 is 19.1 Å². The minimum Gasteiger partial charge on any atom is -0.493 e. The average Bonchev–Trinajstić information content (AvgIpc) is 2.61. The van der Waals surface area contributed by atoms with Gasteiger partial charge in [-0.1, -0.05) is 24.9 Å². The summed E-state index contributed by atoms with van der Waals surface area (Å²) in [7, 11) is 1.59. The third-order valence-corrected chi connectivity index (χ3v) is 4.48. The second-order valence-corrected chi connectivity index (χ2v) is 7.02. The first kappa shape index (κ1) is 20.1. The SMILES string of the molecule is COc1cc(/C=N\OCC(=O)N[C@@H]2CCCC[C@H]2C)ccc1OC(C)C. The largest absolute Gasteiger partial charge is 0.493 e. The van der Waals surface area contributed by atoms with Crippen molar-refractivity contribution in [1.29, 1.82) is 0 Å². The van der Waals surface area contributed by atoms with E-state index in [4.69, 9.17) is 14.3 Å². The first-order chi connectivity index (χ1) is 12.5. The number of benzene rings is 1. The number of carbonyl (C=O) groups is 1. The number of hydrogen-bond acceptors (Lipinski definition) is 5. The minimum atomic E-state index is -0.126. The van der Waals surface area contributed by atoms with E-state index in [1.54, 1.807) is 13.3 Å². The van der Waals surface area contributed by atoms with Crippen LogP contribution in [0.2, 0.25) is 0 Å². The van der Waals surface area contributed by atoms with Crippen LogP contribution < -0.4 is 14.8 Å². The zero-order valence-corrected chi connectivity index (χ0v) is 16.2. The second kappa shape index (κ2) is 10.0. The lowest BCUT2D eigenvalue weighted by Gasteiger charge is -2.29. The lowest BCUT2D eigenvalue weighted by molar-refractivity contribution is -0.126. The van der Waals surface area contributed by atoms with E-state index in [1.807, 2.05) is 32.0 Å². The molecule has 0 heterocycles. The Morgan fingerprint density at radius 1 is 1.31 bits per heavy atom. The maximum Gasteiger partial charge on any atom is 0.261 e. The van der Waals surface area contributed by atoms with Gasteiger partial charge in [0, 0.05) is 11.6 Å². The fraction of sp³-hybridized carbons (Fsp3) is 0.600. The Kier molecular flexibility index (Phi) is 7.75. The van der Waals surface area contributed by atoms with Gasteiger partial charge in [0.05, 0.1) is 19.4 Å². The Morgan fingerprint density at radius 3 is 2.77 bits per heavy atom. The van der Waals surface area contributed by atoms with Crippen molar-refractivity contribution >= 4 is 12.1 Å². The van der Waals surface area contributed by atoms with Gasteiger partial charge in [-0.05, 0) is 50.8 Å². The maximum absolute atomic E-state index is 12.0. The van der Waals surface area contributed by atoms with E-state index in [0.29, 0.717) is 17.4 Å². The first-order valence-electron chi connectivity index (χ1n) is 9.29. The number of amides is 1. The van der Waals surface area contributed by atoms with Crippen LogP contribution in [0.3, 0.4) is 0 Å². The van der Waals surface area contributed by atoms with Crippen LogP contribution in [0, 0.1) is 5.92 Å². The molecule has 144 valence electrons. The molecule has 0 saturated heterocycles. The molecule has 2 atom stereocenters. The van der Waals surface area contributed by atoms with Gasteiger partial charge in [-0.3, -0.25) is 4.79 Å². The van der Waals surface area contributed by atoms with Crippen LogP contribution in [0.5, 0.6) is 11.5 Å². The molecule has 6 heteroatoms. The van der Waals surface area contributed by atoms with Crippen molar-refractivity contribution in [3.8, 4) is 11.5 Å². The number of ether oxygens (including phenoxy) is 2. The molecular weight excluding hydrogens is 332 g/mol. The summed E-state index contributed by atoms with van der Waals surface area (Å²) in [6.07, 6.45) is 6.25. The molecule has 1 amide bonds. The van der Waals surface area contributed by atoms with E-state index in [0.717, 1.165) is 12.0 Å². The molecule has 0 bridgehead atoms. The van der Waals surface area contributed by atoms with Gasteiger partial charge in [-0.25, -0.2) is 0 Å². The van der Waals surface area contributed by atoms with Crippen LogP contribution in [0.1, 0.15) is 52.0 Å². The van der Waals surface area contributed by atoms with Crippen LogP contribution in [0.4, 0.5) is 0 Å². The Labute approximate surface area is 155 Å². The van der Waals surface area contributed by atoms with Gasteiger partial charge in [-0.2, -0.15) is 0 Å². The van der Waals surface area contributed by atoms with Crippen LogP contribution in [0.25, 0.3) is 0 Å². The fourth-order valence-corrected chi connectivity index (χ4v) is 3.09. The maximum atomic E-state index is 12.0. The second-order valence-electron chi connectivity index (χ2n) is 7.02. The molecule has 1 saturated carbocycles. The number of nitrogens with zero attached hydrogens (tertiary/aromatic N) is 1. The minimum absolute atomic E-state index is 0.0668. The summed E-state index contributed by atoms with van der Waals surface area (Å²) in [6, 6.07) is 5.75. The lowest BCUT2D eigenvalue weighted by Crippen LogP contribution is -2.42. The smallest absolute Gasteiger partial charge is 0.261 e. The van der Waals surface area contributed by atoms with Gasteiger partial charge in [0.15, 0.2) is 18.1 Å². The quantitative estimate of drug-likeness (QED) is 0.567. The molecule has 6 nitrogen and oxygen atoms in total. The van der Waals surface area contributed by atoms with E-state index < -0.39 is 0 Å². The van der Waals surface area contributed by atoms with Crippen molar-refractivity contribution in [2.24, 2.45) is 11.1 Å². The molecule has 1 aliphatic carbocycles. The summed E-state index contributed by atoms with van der Waals surface area (Å²) < 4.78 is 11.0. The molecule has 26 heavy (non-hydrogen) atoms. The monoisotopic (exact) mass is 362 g/mol. The number of nitrogens with one attached hydrogen (secondary N) is 1. The summed E-state index contributed by atoms with van der Waals surface area (Å²) in [5, 5.41) is 6.91. The van der Waals surface area contributed by atoms with E-state index in [2.05, 4.69) is 17.4 Å². The third kappa shape index (κ3) is 6.24. The highest BCUT2D eigenvalue weighted by atomic mass is 16.6. The molecule has 1 aromatic rings. The zero-order valence-electron chi connectivity index (χ0n) is 16.2. The van der Waals surface area contributed by atoms with E-state index >= 15 is 0 Å². The third-order valence-electron chi connectivity index (χ3n) is 4.48. The topological polar surface area (TPSA) is 69.2 Å². The van der Waals surface area contributed by atoms with Gasteiger partial charge in [0.25, 0.3) is 5.91 Å². The highest BCUT2D eigenvalue weighted by Gasteiger charge is 2.22. The molecule has 1 N–H and O–H groups in total. The fourth-order valence-electron chi connectivity index (χ4n) is 3.09. The molecule has 0 unspecified atom stereocenters. The van der Waals surface area contributed by atoms with Crippen molar-refractivity contribution in [2.75, 3.05) is 13.7 Å². The molecule has 0 aliphatic heterocycles. The predicted octanol–water partition coefficient (Wildman–Crippen LogP) is 3.53. The van der Waals surface area contributed by atoms with Crippen LogP contribution in [0.15, 0.2) is 23.4 Å². The normalized spacial score (nSPS) is 20.2. The number of carbonyl (C=O) groups excluding carboxylic acids is 1. The molecule has 0 radical (unpaired) electrons. The van der Waals surface area contributed by atoms with Crippen LogP contribution in [-0.2, 0) is 9.63 Å². The molecule has 1 fully saturated rings. The van der Waals surface area contributed by atoms with Crippen LogP contribution in [-0.4, -0.2) is 38.0 Å². The van der Waals surface area contributed by atoms with Gasteiger partial charge >= 0.3 is 0 Å². The summed E-state index contributed by atoms with van der Waals surface area (Å²) in [6.45, 7) is 6.03. The summed E-state index contributed by atoms with van der Waals surface area (Å²) >= 11 is 0. The number of hydrogen-bond donors (Lipinski definition) is 1. The number of rotatable bonds is 8. The summed E-state index contributed by atoms with van der Waals surface area (Å²) in [5.74, 6) is 1.71. The molecule has 0 spiro atoms. The molecule has 0 aromatic heterocycles. The summed E-state index contributed by atoms with van der Waals surface area (Å²) in [4.78, 5) is 17.1. The molecule has 2 rings (SSSR count). The molecular formula is C20H30N2O4. The Morgan fingerprint density at radius 2 is 2.08 bits per heavy atom.